The van der Waals surface area contributed by atoms with Crippen LogP contribution in [0.3, 0.4) is 0 Å². The summed E-state index contributed by atoms with van der Waals surface area (Å²) in [6, 6.07) is 0. The predicted octanol–water partition coefficient (Wildman–Crippen LogP) is 1.97. The minimum atomic E-state index is -1.55. The fourth-order valence-electron chi connectivity index (χ4n) is 14.0. The van der Waals surface area contributed by atoms with Crippen molar-refractivity contribution in [2.45, 2.75) is 180 Å². The highest BCUT2D eigenvalue weighted by molar-refractivity contribution is 5.86. The summed E-state index contributed by atoms with van der Waals surface area (Å²) >= 11 is 0. The minimum Gasteiger partial charge on any atom is -0.394 e. The van der Waals surface area contributed by atoms with Crippen LogP contribution in [-0.2, 0) is 23.7 Å². The van der Waals surface area contributed by atoms with Gasteiger partial charge in [-0.3, -0.25) is 4.79 Å². The fraction of sp³-hybridized carbons (Fsp3) is 0.929. The van der Waals surface area contributed by atoms with Crippen molar-refractivity contribution >= 4 is 5.78 Å². The molecule has 0 aromatic heterocycles. The number of Topliss-reactive ketones (excluding diaryl/α,β-unsaturated/α-hetero) is 1. The van der Waals surface area contributed by atoms with Gasteiger partial charge in [0.05, 0.1) is 25.4 Å². The van der Waals surface area contributed by atoms with Crippen LogP contribution in [0, 0.1) is 50.7 Å². The summed E-state index contributed by atoms with van der Waals surface area (Å²) in [4.78, 5) is 14.8. The lowest BCUT2D eigenvalue weighted by molar-refractivity contribution is -0.325. The molecule has 0 bridgehead atoms. The van der Waals surface area contributed by atoms with E-state index >= 15 is 0 Å². The molecule has 2 aliphatic heterocycles. The molecule has 2 heterocycles. The molecular weight excluding hydrogens is 712 g/mol. The summed E-state index contributed by atoms with van der Waals surface area (Å²) in [5.41, 5.74) is -0.166. The fourth-order valence-corrected chi connectivity index (χ4v) is 14.0. The Kier molecular flexibility index (Phi) is 11.2. The van der Waals surface area contributed by atoms with E-state index in [1.807, 2.05) is 0 Å². The Morgan fingerprint density at radius 2 is 1.38 bits per heavy atom. The monoisotopic (exact) mass is 780 g/mol. The maximum absolute atomic E-state index is 14.8. The van der Waals surface area contributed by atoms with Gasteiger partial charge in [0, 0.05) is 17.8 Å². The van der Waals surface area contributed by atoms with Gasteiger partial charge in [0.15, 0.2) is 12.6 Å². The van der Waals surface area contributed by atoms with E-state index in [0.29, 0.717) is 19.3 Å². The average molecular weight is 781 g/mol. The van der Waals surface area contributed by atoms with Gasteiger partial charge in [-0.1, -0.05) is 46.3 Å². The molecule has 13 nitrogen and oxygen atoms in total. The number of hydrogen-bond donors (Lipinski definition) is 8. The van der Waals surface area contributed by atoms with Crippen LogP contribution in [0.15, 0.2) is 11.6 Å². The molecule has 20 atom stereocenters. The summed E-state index contributed by atoms with van der Waals surface area (Å²) in [5, 5.41) is 83.5. The number of aliphatic hydroxyl groups excluding tert-OH is 8. The molecule has 5 saturated carbocycles. The SMILES string of the molecule is CC(C)=CCC[C@@H](C)C1[C@@H](OC2OC(CO)C(O)C(O)C2O)CC2(C)[C@@H]3CC(=O)C4C(C)(C)[C@@H](OC5OC(CO)C(O)C(O)C5O)CC[C@@]45C[C@@]35CC[C@]12C. The molecule has 13 unspecified atom stereocenters. The van der Waals surface area contributed by atoms with Gasteiger partial charge in [0.1, 0.15) is 54.6 Å². The third-order valence-electron chi connectivity index (χ3n) is 16.9. The highest BCUT2D eigenvalue weighted by Crippen LogP contribution is 2.88. The zero-order chi connectivity index (χ0) is 40.2. The number of aliphatic hydroxyl groups is 8. The van der Waals surface area contributed by atoms with Gasteiger partial charge in [-0.15, -0.1) is 0 Å². The van der Waals surface area contributed by atoms with Gasteiger partial charge in [0.25, 0.3) is 0 Å². The summed E-state index contributed by atoms with van der Waals surface area (Å²) < 4.78 is 24.8. The quantitative estimate of drug-likeness (QED) is 0.118. The van der Waals surface area contributed by atoms with Crippen LogP contribution in [0.25, 0.3) is 0 Å². The molecule has 7 aliphatic rings. The Bertz CT molecular complexity index is 1460. The normalized spacial score (nSPS) is 53.4. The first-order chi connectivity index (χ1) is 25.7. The van der Waals surface area contributed by atoms with E-state index < -0.39 is 86.1 Å². The summed E-state index contributed by atoms with van der Waals surface area (Å²) in [5.74, 6) is 0.295. The van der Waals surface area contributed by atoms with Crippen molar-refractivity contribution in [1.29, 1.82) is 0 Å². The van der Waals surface area contributed by atoms with E-state index in [9.17, 15) is 45.6 Å². The van der Waals surface area contributed by atoms with E-state index in [0.717, 1.165) is 38.5 Å². The average Bonchev–Trinajstić information content (AvgIpc) is 3.71. The number of carbonyl (C=O) groups excluding carboxylic acids is 1. The summed E-state index contributed by atoms with van der Waals surface area (Å²) in [6.45, 7) is 14.2. The summed E-state index contributed by atoms with van der Waals surface area (Å²) in [7, 11) is 0. The lowest BCUT2D eigenvalue weighted by Gasteiger charge is -2.63. The van der Waals surface area contributed by atoms with Crippen LogP contribution in [-0.4, -0.2) is 133 Å². The Hall–Kier alpha value is -1.07. The Morgan fingerprint density at radius 1 is 0.800 bits per heavy atom. The van der Waals surface area contributed by atoms with Gasteiger partial charge in [-0.25, -0.2) is 0 Å². The maximum Gasteiger partial charge on any atom is 0.186 e. The van der Waals surface area contributed by atoms with E-state index in [2.05, 4.69) is 54.5 Å². The van der Waals surface area contributed by atoms with Crippen molar-refractivity contribution < 1.29 is 64.6 Å². The molecular formula is C42H68O13. The van der Waals surface area contributed by atoms with Gasteiger partial charge in [-0.2, -0.15) is 0 Å². The molecule has 55 heavy (non-hydrogen) atoms. The number of fused-ring (bicyclic) bond motifs is 2. The molecule has 0 aromatic carbocycles. The van der Waals surface area contributed by atoms with E-state index in [1.165, 1.54) is 5.57 Å². The lowest BCUT2D eigenvalue weighted by atomic mass is 9.41. The molecule has 0 radical (unpaired) electrons. The second-order valence-electron chi connectivity index (χ2n) is 20.1. The number of allylic oxidation sites excluding steroid dienone is 2. The van der Waals surface area contributed by atoms with Crippen LogP contribution in [0.4, 0.5) is 0 Å². The first kappa shape index (κ1) is 42.1. The molecule has 5 aliphatic carbocycles. The molecule has 314 valence electrons. The maximum atomic E-state index is 14.8. The lowest BCUT2D eigenvalue weighted by Crippen LogP contribution is -2.63. The van der Waals surface area contributed by atoms with Gasteiger partial charge in [0.2, 0.25) is 0 Å². The standard InChI is InChI=1S/C42H68O13/c1-20(2)9-8-10-21(3)28-23(52-36-33(50)31(48)29(46)24(17-43)53-36)16-40(7)26-15-22(45)35-38(4,5)27(55-37-34(51)32(49)30(47)25(18-44)54-37)11-12-42(35)19-41(26,42)14-13-39(28,40)6/h9,21,23-37,43-44,46-51H,8,10-19H2,1-7H3/t21-,23+,24?,25?,26+,27+,28?,29?,30?,31?,32?,33?,34?,35?,36?,37?,39-,40?,41+,42-/m1/s1. The van der Waals surface area contributed by atoms with Crippen LogP contribution in [0.2, 0.25) is 0 Å². The zero-order valence-corrected chi connectivity index (χ0v) is 33.7. The Morgan fingerprint density at radius 3 is 1.95 bits per heavy atom. The Balaban J connectivity index is 1.17. The molecule has 13 heteroatoms. The van der Waals surface area contributed by atoms with Crippen molar-refractivity contribution in [3.8, 4) is 0 Å². The van der Waals surface area contributed by atoms with E-state index in [1.54, 1.807) is 0 Å². The second-order valence-corrected chi connectivity index (χ2v) is 20.1. The molecule has 2 spiro atoms. The number of ketones is 1. The first-order valence-electron chi connectivity index (χ1n) is 20.8. The second kappa shape index (κ2) is 14.6. The van der Waals surface area contributed by atoms with Crippen molar-refractivity contribution in [2.24, 2.45) is 50.7 Å². The van der Waals surface area contributed by atoms with E-state index in [-0.39, 0.29) is 57.2 Å². The largest absolute Gasteiger partial charge is 0.394 e. The van der Waals surface area contributed by atoms with Crippen molar-refractivity contribution in [1.82, 2.24) is 0 Å². The topological polar surface area (TPSA) is 216 Å². The van der Waals surface area contributed by atoms with Crippen LogP contribution in [0.5, 0.6) is 0 Å². The predicted molar refractivity (Wildman–Crippen MR) is 198 cm³/mol. The third kappa shape index (κ3) is 6.19. The van der Waals surface area contributed by atoms with Crippen LogP contribution >= 0.6 is 0 Å². The van der Waals surface area contributed by atoms with Crippen molar-refractivity contribution in [2.75, 3.05) is 13.2 Å². The van der Waals surface area contributed by atoms with E-state index in [4.69, 9.17) is 18.9 Å². The number of hydrogen-bond acceptors (Lipinski definition) is 13. The number of ether oxygens (including phenoxy) is 4. The number of carbonyl (C=O) groups is 1. The molecule has 2 saturated heterocycles. The highest BCUT2D eigenvalue weighted by Gasteiger charge is 2.84. The summed E-state index contributed by atoms with van der Waals surface area (Å²) in [6.07, 6.45) is -5.14. The molecule has 0 amide bonds. The smallest absolute Gasteiger partial charge is 0.186 e. The van der Waals surface area contributed by atoms with Gasteiger partial charge in [-0.05, 0) is 105 Å². The highest BCUT2D eigenvalue weighted by atomic mass is 16.7. The van der Waals surface area contributed by atoms with Gasteiger partial charge >= 0.3 is 0 Å². The Labute approximate surface area is 325 Å². The molecule has 0 aromatic rings. The minimum absolute atomic E-state index is 0.0504. The van der Waals surface area contributed by atoms with Gasteiger partial charge < -0.3 is 59.8 Å². The molecule has 8 N–H and O–H groups in total. The number of rotatable bonds is 10. The first-order valence-corrected chi connectivity index (χ1v) is 20.8. The van der Waals surface area contributed by atoms with Crippen LogP contribution < -0.4 is 0 Å². The molecule has 7 fully saturated rings. The van der Waals surface area contributed by atoms with Crippen molar-refractivity contribution in [3.63, 3.8) is 0 Å². The van der Waals surface area contributed by atoms with Crippen LogP contribution in [0.1, 0.15) is 106 Å². The van der Waals surface area contributed by atoms with Crippen molar-refractivity contribution in [3.05, 3.63) is 11.6 Å². The third-order valence-corrected chi connectivity index (χ3v) is 16.9. The zero-order valence-electron chi connectivity index (χ0n) is 33.7. The molecule has 7 rings (SSSR count).